The van der Waals surface area contributed by atoms with E-state index >= 15 is 0 Å². The zero-order chi connectivity index (χ0) is 13.6. The molecule has 3 atom stereocenters. The molecule has 1 aromatic rings. The molecule has 0 spiro atoms. The highest BCUT2D eigenvalue weighted by Crippen LogP contribution is 2.43. The molecule has 3 nitrogen and oxygen atoms in total. The van der Waals surface area contributed by atoms with Crippen molar-refractivity contribution in [1.29, 1.82) is 0 Å². The molecule has 1 N–H and O–H groups in total. The lowest BCUT2D eigenvalue weighted by atomic mass is 9.89. The first-order valence-corrected chi connectivity index (χ1v) is 7.35. The van der Waals surface area contributed by atoms with Crippen molar-refractivity contribution < 1.29 is 9.69 Å². The smallest absolute Gasteiger partial charge is 0.226 e. The van der Waals surface area contributed by atoms with Gasteiger partial charge in [-0.05, 0) is 18.6 Å². The highest BCUT2D eigenvalue weighted by molar-refractivity contribution is 5.96. The van der Waals surface area contributed by atoms with Crippen LogP contribution < -0.4 is 9.80 Å². The standard InChI is InChI=1S/C16H22N2O/c1-4-16(19)18-14-6-5-11(2)9-12(14)13-10-17(3)8-7-15(13)18/h5-6,9,13,15H,4,7-8,10H2,1-3H3/p+1/t13-,15-/m0/s1. The van der Waals surface area contributed by atoms with Crippen LogP contribution in [0.3, 0.4) is 0 Å². The van der Waals surface area contributed by atoms with Crippen molar-refractivity contribution in [2.75, 3.05) is 25.0 Å². The summed E-state index contributed by atoms with van der Waals surface area (Å²) in [5.41, 5.74) is 3.86. The van der Waals surface area contributed by atoms with Gasteiger partial charge in [-0.15, -0.1) is 0 Å². The van der Waals surface area contributed by atoms with Crippen molar-refractivity contribution in [1.82, 2.24) is 0 Å². The number of carbonyl (C=O) groups excluding carboxylic acids is 1. The van der Waals surface area contributed by atoms with Crippen molar-refractivity contribution in [2.45, 2.75) is 38.6 Å². The van der Waals surface area contributed by atoms with Crippen LogP contribution in [0.25, 0.3) is 0 Å². The van der Waals surface area contributed by atoms with Gasteiger partial charge in [-0.2, -0.15) is 0 Å². The molecule has 1 saturated heterocycles. The molecule has 3 heteroatoms. The number of amides is 1. The maximum absolute atomic E-state index is 12.3. The Morgan fingerprint density at radius 2 is 2.26 bits per heavy atom. The van der Waals surface area contributed by atoms with Gasteiger partial charge in [0.05, 0.1) is 32.1 Å². The van der Waals surface area contributed by atoms with E-state index in [0.29, 0.717) is 18.4 Å². The second-order valence-electron chi connectivity index (χ2n) is 6.05. The van der Waals surface area contributed by atoms with E-state index in [2.05, 4.69) is 37.1 Å². The number of likely N-dealkylation sites (N-methyl/N-ethyl adjacent to an activating group) is 1. The van der Waals surface area contributed by atoms with Gasteiger partial charge in [-0.3, -0.25) is 4.79 Å². The number of anilines is 1. The summed E-state index contributed by atoms with van der Waals surface area (Å²) in [4.78, 5) is 16.0. The lowest BCUT2D eigenvalue weighted by molar-refractivity contribution is -0.886. The number of benzene rings is 1. The van der Waals surface area contributed by atoms with Crippen LogP contribution in [0, 0.1) is 6.92 Å². The molecule has 3 rings (SSSR count). The molecule has 1 unspecified atom stereocenters. The van der Waals surface area contributed by atoms with Gasteiger partial charge in [-0.1, -0.05) is 24.6 Å². The Labute approximate surface area is 115 Å². The second-order valence-corrected chi connectivity index (χ2v) is 6.05. The lowest BCUT2D eigenvalue weighted by Gasteiger charge is -2.34. The van der Waals surface area contributed by atoms with E-state index in [1.807, 2.05) is 6.92 Å². The Kier molecular flexibility index (Phi) is 3.09. The number of nitrogens with zero attached hydrogens (tertiary/aromatic N) is 1. The van der Waals surface area contributed by atoms with Gasteiger partial charge in [0.1, 0.15) is 0 Å². The zero-order valence-corrected chi connectivity index (χ0v) is 12.1. The van der Waals surface area contributed by atoms with Crippen molar-refractivity contribution in [3.63, 3.8) is 0 Å². The highest BCUT2D eigenvalue weighted by Gasteiger charge is 2.45. The number of piperidine rings is 1. The highest BCUT2D eigenvalue weighted by atomic mass is 16.2. The topological polar surface area (TPSA) is 24.8 Å². The van der Waals surface area contributed by atoms with Crippen molar-refractivity contribution >= 4 is 11.6 Å². The molecule has 1 fully saturated rings. The minimum atomic E-state index is 0.275. The molecule has 0 radical (unpaired) electrons. The van der Waals surface area contributed by atoms with Gasteiger partial charge in [0.2, 0.25) is 5.91 Å². The minimum absolute atomic E-state index is 0.275. The summed E-state index contributed by atoms with van der Waals surface area (Å²) in [6.07, 6.45) is 1.72. The maximum atomic E-state index is 12.3. The third-order valence-electron chi connectivity index (χ3n) is 4.64. The molecule has 0 aromatic heterocycles. The molecule has 1 aromatic carbocycles. The number of aryl methyl sites for hydroxylation is 1. The third-order valence-corrected chi connectivity index (χ3v) is 4.64. The Morgan fingerprint density at radius 3 is 3.00 bits per heavy atom. The van der Waals surface area contributed by atoms with Crippen molar-refractivity contribution in [3.05, 3.63) is 29.3 Å². The molecule has 0 aliphatic carbocycles. The number of hydrogen-bond donors (Lipinski definition) is 1. The zero-order valence-electron chi connectivity index (χ0n) is 12.1. The summed E-state index contributed by atoms with van der Waals surface area (Å²) >= 11 is 0. The van der Waals surface area contributed by atoms with Gasteiger partial charge in [0.15, 0.2) is 0 Å². The second kappa shape index (κ2) is 4.64. The number of fused-ring (bicyclic) bond motifs is 3. The Bertz CT molecular complexity index is 511. The fourth-order valence-electron chi connectivity index (χ4n) is 3.69. The number of hydrogen-bond acceptors (Lipinski definition) is 1. The fraction of sp³-hybridized carbons (Fsp3) is 0.562. The maximum Gasteiger partial charge on any atom is 0.226 e. The SMILES string of the molecule is CCC(=O)N1c2ccc(C)cc2[C@@H]2C[NH+](C)CC[C@@H]21. The van der Waals surface area contributed by atoms with Gasteiger partial charge in [0.25, 0.3) is 0 Å². The quantitative estimate of drug-likeness (QED) is 0.803. The molecule has 2 aliphatic heterocycles. The van der Waals surface area contributed by atoms with Crippen molar-refractivity contribution in [3.8, 4) is 0 Å². The monoisotopic (exact) mass is 259 g/mol. The van der Waals surface area contributed by atoms with E-state index < -0.39 is 0 Å². The normalized spacial score (nSPS) is 29.0. The molecule has 102 valence electrons. The van der Waals surface area contributed by atoms with E-state index in [0.717, 1.165) is 13.0 Å². The van der Waals surface area contributed by atoms with Gasteiger partial charge >= 0.3 is 0 Å². The number of carbonyl (C=O) groups is 1. The summed E-state index contributed by atoms with van der Waals surface area (Å²) in [5.74, 6) is 0.802. The summed E-state index contributed by atoms with van der Waals surface area (Å²) in [5, 5.41) is 0. The van der Waals surface area contributed by atoms with Crippen LogP contribution in [0.2, 0.25) is 0 Å². The molecular weight excluding hydrogens is 236 g/mol. The lowest BCUT2D eigenvalue weighted by Crippen LogP contribution is -3.11. The number of rotatable bonds is 1. The molecule has 2 aliphatic rings. The van der Waals surface area contributed by atoms with E-state index in [4.69, 9.17) is 0 Å². The van der Waals surface area contributed by atoms with Gasteiger partial charge in [-0.25, -0.2) is 0 Å². The van der Waals surface area contributed by atoms with Crippen LogP contribution >= 0.6 is 0 Å². The summed E-state index contributed by atoms with van der Waals surface area (Å²) in [6, 6.07) is 6.95. The molecular formula is C16H23N2O+. The fourth-order valence-corrected chi connectivity index (χ4v) is 3.69. The Hall–Kier alpha value is -1.35. The van der Waals surface area contributed by atoms with Crippen LogP contribution in [0.15, 0.2) is 18.2 Å². The number of nitrogens with one attached hydrogen (secondary N) is 1. The first-order chi connectivity index (χ1) is 9.11. The van der Waals surface area contributed by atoms with E-state index in [-0.39, 0.29) is 5.91 Å². The summed E-state index contributed by atoms with van der Waals surface area (Å²) in [7, 11) is 2.26. The number of quaternary nitrogens is 1. The predicted octanol–water partition coefficient (Wildman–Crippen LogP) is 1.12. The molecule has 2 heterocycles. The van der Waals surface area contributed by atoms with Crippen LogP contribution in [-0.4, -0.2) is 32.1 Å². The average molecular weight is 259 g/mol. The van der Waals surface area contributed by atoms with E-state index in [1.165, 1.54) is 23.4 Å². The van der Waals surface area contributed by atoms with Crippen molar-refractivity contribution in [2.24, 2.45) is 0 Å². The molecule has 0 bridgehead atoms. The van der Waals surface area contributed by atoms with Crippen LogP contribution in [0.1, 0.15) is 36.8 Å². The Morgan fingerprint density at radius 1 is 1.47 bits per heavy atom. The molecule has 1 amide bonds. The van der Waals surface area contributed by atoms with Gasteiger partial charge < -0.3 is 9.80 Å². The van der Waals surface area contributed by atoms with Gasteiger partial charge in [0, 0.05) is 18.5 Å². The van der Waals surface area contributed by atoms with Crippen LogP contribution in [-0.2, 0) is 4.79 Å². The third kappa shape index (κ3) is 1.96. The molecule has 0 saturated carbocycles. The van der Waals surface area contributed by atoms with E-state index in [1.54, 1.807) is 4.90 Å². The summed E-state index contributed by atoms with van der Waals surface area (Å²) in [6.45, 7) is 6.42. The van der Waals surface area contributed by atoms with Crippen LogP contribution in [0.4, 0.5) is 5.69 Å². The average Bonchev–Trinajstić information content (AvgIpc) is 2.71. The number of likely N-dealkylation sites (tertiary alicyclic amines) is 1. The summed E-state index contributed by atoms with van der Waals surface area (Å²) < 4.78 is 0. The predicted molar refractivity (Wildman–Crippen MR) is 76.7 cm³/mol. The molecule has 19 heavy (non-hydrogen) atoms. The first-order valence-electron chi connectivity index (χ1n) is 7.35. The van der Waals surface area contributed by atoms with E-state index in [9.17, 15) is 4.79 Å². The Balaban J connectivity index is 2.06. The first kappa shape index (κ1) is 12.7. The minimum Gasteiger partial charge on any atom is -0.337 e. The largest absolute Gasteiger partial charge is 0.337 e. The van der Waals surface area contributed by atoms with Crippen LogP contribution in [0.5, 0.6) is 0 Å².